The van der Waals surface area contributed by atoms with Gasteiger partial charge in [-0.15, -0.1) is 0 Å². The van der Waals surface area contributed by atoms with Crippen molar-refractivity contribution < 1.29 is 14.4 Å². The smallest absolute Gasteiger partial charge is 0.324 e. The highest BCUT2D eigenvalue weighted by molar-refractivity contribution is 7.51. The highest BCUT2D eigenvalue weighted by atomic mass is 31.2. The van der Waals surface area contributed by atoms with Crippen LogP contribution in [0.2, 0.25) is 0 Å². The highest BCUT2D eigenvalue weighted by Gasteiger charge is 2.12. The average molecular weight is 489 g/mol. The first-order valence-corrected chi connectivity index (χ1v) is 14.2. The molecule has 3 aromatic carbocycles. The molecular formula is C31H37O3P. The van der Waals surface area contributed by atoms with Crippen LogP contribution in [0, 0.1) is 39.5 Å². The SMILES string of the molecule is Cc1cccc(C(C#Cc2ccc(CCCCCP(=O)(O)O)cc2C)Cc2ccc(C)c(C)c2)c1. The molecule has 1 unspecified atom stereocenters. The standard InChI is InChI=1S/C31H37O3P/c1-23-9-8-11-30(19-23)31(22-28-13-12-24(2)25(3)20-28)17-16-29-15-14-27(21-26(29)4)10-6-5-7-18-35(32,33)34/h8-9,11-15,19-21,31H,5-7,10,18,22H2,1-4H3,(H2,32,33,34). The van der Waals surface area contributed by atoms with Crippen LogP contribution < -0.4 is 0 Å². The van der Waals surface area contributed by atoms with Crippen LogP contribution in [-0.2, 0) is 17.4 Å². The quantitative estimate of drug-likeness (QED) is 0.190. The van der Waals surface area contributed by atoms with Crippen molar-refractivity contribution in [3.8, 4) is 11.8 Å². The summed E-state index contributed by atoms with van der Waals surface area (Å²) < 4.78 is 11.0. The molecule has 0 spiro atoms. The monoisotopic (exact) mass is 488 g/mol. The summed E-state index contributed by atoms with van der Waals surface area (Å²) in [4.78, 5) is 18.0. The fraction of sp³-hybridized carbons (Fsp3) is 0.355. The Hall–Kier alpha value is -2.63. The molecular weight excluding hydrogens is 451 g/mol. The lowest BCUT2D eigenvalue weighted by Gasteiger charge is -2.14. The van der Waals surface area contributed by atoms with Gasteiger partial charge in [0.2, 0.25) is 0 Å². The molecule has 0 aliphatic carbocycles. The van der Waals surface area contributed by atoms with Crippen molar-refractivity contribution in [2.75, 3.05) is 6.16 Å². The normalized spacial score (nSPS) is 12.2. The van der Waals surface area contributed by atoms with Gasteiger partial charge in [0.15, 0.2) is 0 Å². The van der Waals surface area contributed by atoms with E-state index in [9.17, 15) is 4.57 Å². The topological polar surface area (TPSA) is 57.5 Å². The first-order chi connectivity index (χ1) is 16.6. The van der Waals surface area contributed by atoms with E-state index in [4.69, 9.17) is 9.79 Å². The molecule has 3 nitrogen and oxygen atoms in total. The van der Waals surface area contributed by atoms with Gasteiger partial charge in [-0.1, -0.05) is 78.4 Å². The second kappa shape index (κ2) is 12.4. The molecule has 0 aromatic heterocycles. The molecule has 0 amide bonds. The van der Waals surface area contributed by atoms with E-state index in [1.54, 1.807) is 0 Å². The van der Waals surface area contributed by atoms with Gasteiger partial charge in [0.05, 0.1) is 0 Å². The van der Waals surface area contributed by atoms with E-state index in [0.717, 1.165) is 31.2 Å². The lowest BCUT2D eigenvalue weighted by Crippen LogP contribution is -2.02. The number of rotatable bonds is 9. The maximum atomic E-state index is 11.0. The Morgan fingerprint density at radius 2 is 1.54 bits per heavy atom. The van der Waals surface area contributed by atoms with E-state index in [1.165, 1.54) is 38.9 Å². The van der Waals surface area contributed by atoms with Crippen molar-refractivity contribution in [3.05, 3.63) is 105 Å². The summed E-state index contributed by atoms with van der Waals surface area (Å²) >= 11 is 0. The predicted molar refractivity (Wildman–Crippen MR) is 146 cm³/mol. The molecule has 4 heteroatoms. The first kappa shape index (κ1) is 27.0. The molecule has 2 N–H and O–H groups in total. The van der Waals surface area contributed by atoms with Crippen LogP contribution in [0.5, 0.6) is 0 Å². The summed E-state index contributed by atoms with van der Waals surface area (Å²) in [5.74, 6) is 7.15. The third kappa shape index (κ3) is 8.83. The summed E-state index contributed by atoms with van der Waals surface area (Å²) in [6.07, 6.45) is 4.08. The van der Waals surface area contributed by atoms with E-state index in [1.807, 2.05) is 0 Å². The van der Waals surface area contributed by atoms with E-state index < -0.39 is 7.60 Å². The fourth-order valence-electron chi connectivity index (χ4n) is 4.32. The number of unbranched alkanes of at least 4 members (excludes halogenated alkanes) is 2. The summed E-state index contributed by atoms with van der Waals surface area (Å²) in [5.41, 5.74) is 9.88. The van der Waals surface area contributed by atoms with Crippen LogP contribution >= 0.6 is 7.60 Å². The molecule has 0 bridgehead atoms. The van der Waals surface area contributed by atoms with Crippen LogP contribution in [0.1, 0.15) is 69.7 Å². The van der Waals surface area contributed by atoms with Crippen molar-refractivity contribution in [2.45, 2.75) is 65.7 Å². The van der Waals surface area contributed by atoms with E-state index in [0.29, 0.717) is 6.42 Å². The molecule has 1 atom stereocenters. The largest absolute Gasteiger partial charge is 0.325 e. The molecule has 0 aliphatic heterocycles. The van der Waals surface area contributed by atoms with Gasteiger partial charge >= 0.3 is 7.60 Å². The van der Waals surface area contributed by atoms with Crippen LogP contribution in [0.4, 0.5) is 0 Å². The van der Waals surface area contributed by atoms with Crippen molar-refractivity contribution in [1.82, 2.24) is 0 Å². The second-order valence-corrected chi connectivity index (χ2v) is 11.5. The van der Waals surface area contributed by atoms with Gasteiger partial charge in [-0.25, -0.2) is 0 Å². The van der Waals surface area contributed by atoms with Gasteiger partial charge < -0.3 is 9.79 Å². The van der Waals surface area contributed by atoms with Crippen molar-refractivity contribution in [2.24, 2.45) is 0 Å². The average Bonchev–Trinajstić information content (AvgIpc) is 2.79. The second-order valence-electron chi connectivity index (χ2n) is 9.71. The van der Waals surface area contributed by atoms with Gasteiger partial charge in [0, 0.05) is 17.6 Å². The Labute approximate surface area is 210 Å². The van der Waals surface area contributed by atoms with Gasteiger partial charge in [-0.3, -0.25) is 4.57 Å². The molecule has 0 radical (unpaired) electrons. The zero-order valence-electron chi connectivity index (χ0n) is 21.3. The molecule has 0 heterocycles. The lowest BCUT2D eigenvalue weighted by atomic mass is 9.90. The molecule has 0 aliphatic rings. The van der Waals surface area contributed by atoms with E-state index in [-0.39, 0.29) is 12.1 Å². The minimum absolute atomic E-state index is 0.0230. The minimum atomic E-state index is -3.88. The Morgan fingerprint density at radius 1 is 0.800 bits per heavy atom. The van der Waals surface area contributed by atoms with Crippen molar-refractivity contribution >= 4 is 7.60 Å². The van der Waals surface area contributed by atoms with E-state index in [2.05, 4.69) is 100 Å². The maximum Gasteiger partial charge on any atom is 0.325 e. The summed E-state index contributed by atoms with van der Waals surface area (Å²) in [6, 6.07) is 21.8. The highest BCUT2D eigenvalue weighted by Crippen LogP contribution is 2.35. The van der Waals surface area contributed by atoms with Gasteiger partial charge in [0.25, 0.3) is 0 Å². The number of benzene rings is 3. The molecule has 0 fully saturated rings. The molecule has 184 valence electrons. The van der Waals surface area contributed by atoms with Crippen molar-refractivity contribution in [1.29, 1.82) is 0 Å². The van der Waals surface area contributed by atoms with Crippen LogP contribution in [0.3, 0.4) is 0 Å². The molecule has 3 aromatic rings. The van der Waals surface area contributed by atoms with Crippen LogP contribution in [0.25, 0.3) is 0 Å². The molecule has 0 saturated carbocycles. The number of hydrogen-bond acceptors (Lipinski definition) is 1. The summed E-state index contributed by atoms with van der Waals surface area (Å²) in [7, 11) is -3.88. The number of aryl methyl sites for hydroxylation is 5. The zero-order chi connectivity index (χ0) is 25.4. The Morgan fingerprint density at radius 3 is 2.23 bits per heavy atom. The molecule has 3 rings (SSSR count). The minimum Gasteiger partial charge on any atom is -0.324 e. The van der Waals surface area contributed by atoms with Gasteiger partial charge in [-0.2, -0.15) is 0 Å². The third-order valence-electron chi connectivity index (χ3n) is 6.54. The molecule has 35 heavy (non-hydrogen) atoms. The number of hydrogen-bond donors (Lipinski definition) is 2. The van der Waals surface area contributed by atoms with Gasteiger partial charge in [0.1, 0.15) is 0 Å². The first-order valence-electron chi connectivity index (χ1n) is 12.4. The third-order valence-corrected chi connectivity index (χ3v) is 7.44. The van der Waals surface area contributed by atoms with E-state index >= 15 is 0 Å². The summed E-state index contributed by atoms with van der Waals surface area (Å²) in [6.45, 7) is 8.53. The predicted octanol–water partition coefficient (Wildman–Crippen LogP) is 7.19. The maximum absolute atomic E-state index is 11.0. The molecule has 0 saturated heterocycles. The fourth-order valence-corrected chi connectivity index (χ4v) is 4.95. The zero-order valence-corrected chi connectivity index (χ0v) is 22.2. The van der Waals surface area contributed by atoms with Crippen LogP contribution in [0.15, 0.2) is 60.7 Å². The Kier molecular flexibility index (Phi) is 9.53. The lowest BCUT2D eigenvalue weighted by molar-refractivity contribution is 0.371. The summed E-state index contributed by atoms with van der Waals surface area (Å²) in [5, 5.41) is 0. The van der Waals surface area contributed by atoms with Crippen LogP contribution in [-0.4, -0.2) is 15.9 Å². The Balaban J connectivity index is 1.74. The Bertz CT molecular complexity index is 1260. The van der Waals surface area contributed by atoms with Crippen molar-refractivity contribution in [3.63, 3.8) is 0 Å². The van der Waals surface area contributed by atoms with Gasteiger partial charge in [-0.05, 0) is 92.8 Å².